The molecule has 0 amide bonds. The minimum atomic E-state index is -3.81. The molecule has 0 aromatic heterocycles. The Morgan fingerprint density at radius 2 is 2.24 bits per heavy atom. The summed E-state index contributed by atoms with van der Waals surface area (Å²) in [6.07, 6.45) is 1.21. The lowest BCUT2D eigenvalue weighted by Crippen LogP contribution is -2.30. The number of hydrogen-bond acceptors (Lipinski definition) is 5. The Morgan fingerprint density at radius 1 is 1.52 bits per heavy atom. The van der Waals surface area contributed by atoms with Gasteiger partial charge in [0.2, 0.25) is 0 Å². The van der Waals surface area contributed by atoms with Crippen LogP contribution in [0.3, 0.4) is 0 Å². The first-order valence-electron chi connectivity index (χ1n) is 6.58. The Bertz CT molecular complexity index is 629. The highest BCUT2D eigenvalue weighted by atomic mass is 32.2. The molecule has 1 heterocycles. The average Bonchev–Trinajstić information content (AvgIpc) is 2.71. The van der Waals surface area contributed by atoms with Crippen LogP contribution in [0.2, 0.25) is 0 Å². The fourth-order valence-corrected chi connectivity index (χ4v) is 3.59. The summed E-state index contributed by atoms with van der Waals surface area (Å²) in [4.78, 5) is 10.7. The first-order valence-corrected chi connectivity index (χ1v) is 8.02. The number of hydrogen-bond donors (Lipinski definition) is 3. The van der Waals surface area contributed by atoms with Gasteiger partial charge in [-0.1, -0.05) is 6.07 Å². The van der Waals surface area contributed by atoms with Crippen LogP contribution in [0.25, 0.3) is 0 Å². The summed E-state index contributed by atoms with van der Waals surface area (Å²) >= 11 is 0. The van der Waals surface area contributed by atoms with Gasteiger partial charge in [0.25, 0.3) is 0 Å². The molecule has 2 rings (SSSR count). The van der Waals surface area contributed by atoms with Crippen molar-refractivity contribution >= 4 is 22.2 Å². The maximum absolute atomic E-state index is 11.9. The Morgan fingerprint density at radius 3 is 2.76 bits per heavy atom. The van der Waals surface area contributed by atoms with Crippen LogP contribution in [-0.4, -0.2) is 43.6 Å². The summed E-state index contributed by atoms with van der Waals surface area (Å²) in [5.74, 6) is -0.171. The van der Waals surface area contributed by atoms with Crippen LogP contribution in [0.15, 0.2) is 18.2 Å². The van der Waals surface area contributed by atoms with E-state index >= 15 is 0 Å². The van der Waals surface area contributed by atoms with Crippen molar-refractivity contribution in [2.24, 2.45) is 0 Å². The van der Waals surface area contributed by atoms with Crippen LogP contribution < -0.4 is 9.03 Å². The van der Waals surface area contributed by atoms with Gasteiger partial charge in [0, 0.05) is 0 Å². The van der Waals surface area contributed by atoms with Crippen LogP contribution in [0.5, 0.6) is 5.75 Å². The molecule has 1 saturated heterocycles. The van der Waals surface area contributed by atoms with Gasteiger partial charge >= 0.3 is 10.2 Å². The number of carbonyl (C=O) groups excluding carboxylic acids is 1. The van der Waals surface area contributed by atoms with Crippen LogP contribution in [-0.2, 0) is 21.4 Å². The predicted octanol–water partition coefficient (Wildman–Crippen LogP) is -0.0725. The van der Waals surface area contributed by atoms with Crippen molar-refractivity contribution in [1.29, 1.82) is 0 Å². The van der Waals surface area contributed by atoms with Crippen molar-refractivity contribution in [2.75, 3.05) is 10.8 Å². The highest BCUT2D eigenvalue weighted by Crippen LogP contribution is 2.32. The molecule has 8 heteroatoms. The lowest BCUT2D eigenvalue weighted by molar-refractivity contribution is -0.108. The number of nitrogens with one attached hydrogen (secondary N) is 1. The van der Waals surface area contributed by atoms with Crippen molar-refractivity contribution in [1.82, 2.24) is 4.72 Å². The van der Waals surface area contributed by atoms with Crippen molar-refractivity contribution in [3.05, 3.63) is 23.8 Å². The van der Waals surface area contributed by atoms with E-state index in [9.17, 15) is 23.4 Å². The number of aldehydes is 1. The molecule has 1 aliphatic rings. The Labute approximate surface area is 123 Å². The molecule has 0 bridgehead atoms. The van der Waals surface area contributed by atoms with E-state index in [0.29, 0.717) is 19.1 Å². The SMILES string of the molecule is CC(O)CCc1ccc(N2CC(C=O)NS2(=O)=O)c(O)c1. The number of aliphatic hydroxyl groups is 1. The average molecular weight is 314 g/mol. The molecule has 21 heavy (non-hydrogen) atoms. The van der Waals surface area contributed by atoms with Crippen LogP contribution in [0.1, 0.15) is 18.9 Å². The largest absolute Gasteiger partial charge is 0.506 e. The third-order valence-electron chi connectivity index (χ3n) is 3.28. The second-order valence-electron chi connectivity index (χ2n) is 5.11. The predicted molar refractivity (Wildman–Crippen MR) is 77.4 cm³/mol. The molecule has 116 valence electrons. The smallest absolute Gasteiger partial charge is 0.302 e. The van der Waals surface area contributed by atoms with Gasteiger partial charge in [0.05, 0.1) is 24.4 Å². The van der Waals surface area contributed by atoms with Crippen molar-refractivity contribution in [3.63, 3.8) is 0 Å². The number of anilines is 1. The summed E-state index contributed by atoms with van der Waals surface area (Å²) in [6, 6.07) is 3.85. The first kappa shape index (κ1) is 15.7. The van der Waals surface area contributed by atoms with Gasteiger partial charge in [0.15, 0.2) is 0 Å². The second-order valence-corrected chi connectivity index (χ2v) is 6.73. The summed E-state index contributed by atoms with van der Waals surface area (Å²) in [5, 5.41) is 19.3. The molecule has 0 radical (unpaired) electrons. The van der Waals surface area contributed by atoms with Gasteiger partial charge in [-0.25, -0.2) is 0 Å². The van der Waals surface area contributed by atoms with Gasteiger partial charge in [-0.05, 0) is 37.5 Å². The molecule has 7 nitrogen and oxygen atoms in total. The maximum atomic E-state index is 11.9. The second kappa shape index (κ2) is 6.00. The van der Waals surface area contributed by atoms with Gasteiger partial charge in [-0.2, -0.15) is 13.1 Å². The van der Waals surface area contributed by atoms with Gasteiger partial charge < -0.3 is 15.0 Å². The zero-order valence-electron chi connectivity index (χ0n) is 11.6. The Kier molecular flexibility index (Phi) is 4.50. The minimum Gasteiger partial charge on any atom is -0.506 e. The zero-order valence-corrected chi connectivity index (χ0v) is 12.4. The van der Waals surface area contributed by atoms with Crippen LogP contribution in [0.4, 0.5) is 5.69 Å². The van der Waals surface area contributed by atoms with Crippen molar-refractivity contribution in [2.45, 2.75) is 31.9 Å². The molecular formula is C13H18N2O5S. The topological polar surface area (TPSA) is 107 Å². The number of aromatic hydroxyl groups is 1. The Balaban J connectivity index is 2.23. The molecule has 3 N–H and O–H groups in total. The fraction of sp³-hybridized carbons (Fsp3) is 0.462. The van der Waals surface area contributed by atoms with E-state index in [-0.39, 0.29) is 18.0 Å². The number of aryl methyl sites for hydroxylation is 1. The molecule has 1 aliphatic heterocycles. The van der Waals surface area contributed by atoms with E-state index in [0.717, 1.165) is 9.87 Å². The highest BCUT2D eigenvalue weighted by molar-refractivity contribution is 7.91. The van der Waals surface area contributed by atoms with E-state index in [2.05, 4.69) is 4.72 Å². The van der Waals surface area contributed by atoms with Gasteiger partial charge in [0.1, 0.15) is 12.0 Å². The normalized spacial score (nSPS) is 22.2. The highest BCUT2D eigenvalue weighted by Gasteiger charge is 2.36. The molecular weight excluding hydrogens is 296 g/mol. The standard InChI is InChI=1S/C13H18N2O5S/c1-9(17)2-3-10-4-5-12(13(18)6-10)15-7-11(8-16)14-21(15,19)20/h4-6,8-9,11,14,17-18H,2-3,7H2,1H3. The maximum Gasteiger partial charge on any atom is 0.302 e. The summed E-state index contributed by atoms with van der Waals surface area (Å²) in [6.45, 7) is 1.63. The molecule has 2 unspecified atom stereocenters. The quantitative estimate of drug-likeness (QED) is 0.659. The van der Waals surface area contributed by atoms with E-state index in [1.165, 1.54) is 12.1 Å². The number of phenolic OH excluding ortho intramolecular Hbond substituents is 1. The molecule has 0 saturated carbocycles. The molecule has 0 aliphatic carbocycles. The Hall–Kier alpha value is -1.64. The summed E-state index contributed by atoms with van der Waals surface area (Å²) < 4.78 is 27.0. The number of nitrogens with zero attached hydrogens (tertiary/aromatic N) is 1. The van der Waals surface area contributed by atoms with E-state index in [1.54, 1.807) is 13.0 Å². The zero-order chi connectivity index (χ0) is 15.6. The minimum absolute atomic E-state index is 0.0492. The molecule has 1 fully saturated rings. The third kappa shape index (κ3) is 3.52. The fourth-order valence-electron chi connectivity index (χ4n) is 2.18. The molecule has 1 aromatic rings. The number of rotatable bonds is 5. The van der Waals surface area contributed by atoms with Gasteiger partial charge in [-0.15, -0.1) is 0 Å². The molecule has 0 spiro atoms. The van der Waals surface area contributed by atoms with E-state index in [4.69, 9.17) is 0 Å². The number of phenols is 1. The van der Waals surface area contributed by atoms with Crippen molar-refractivity contribution < 1.29 is 23.4 Å². The number of aliphatic hydroxyl groups excluding tert-OH is 1. The van der Waals surface area contributed by atoms with E-state index < -0.39 is 22.4 Å². The summed E-state index contributed by atoms with van der Waals surface area (Å²) in [7, 11) is -3.81. The number of carbonyl (C=O) groups is 1. The first-order chi connectivity index (χ1) is 9.83. The lowest BCUT2D eigenvalue weighted by Gasteiger charge is -2.17. The molecule has 2 atom stereocenters. The van der Waals surface area contributed by atoms with Gasteiger partial charge in [-0.3, -0.25) is 4.31 Å². The molecule has 1 aromatic carbocycles. The van der Waals surface area contributed by atoms with E-state index in [1.807, 2.05) is 0 Å². The number of benzene rings is 1. The lowest BCUT2D eigenvalue weighted by atomic mass is 10.1. The monoisotopic (exact) mass is 314 g/mol. The van der Waals surface area contributed by atoms with Crippen molar-refractivity contribution in [3.8, 4) is 5.75 Å². The van der Waals surface area contributed by atoms with Crippen LogP contribution >= 0.6 is 0 Å². The summed E-state index contributed by atoms with van der Waals surface area (Å²) in [5.41, 5.74) is 0.932. The van der Waals surface area contributed by atoms with Crippen LogP contribution in [0, 0.1) is 0 Å². The third-order valence-corrected chi connectivity index (χ3v) is 4.80.